The van der Waals surface area contributed by atoms with Crippen molar-refractivity contribution in [3.8, 4) is 69.0 Å². The van der Waals surface area contributed by atoms with Crippen molar-refractivity contribution >= 4 is 0 Å². The maximum atomic E-state index is 5.35. The van der Waals surface area contributed by atoms with Crippen molar-refractivity contribution in [3.63, 3.8) is 0 Å². The molecule has 0 heterocycles. The average molecular weight is 1440 g/mol. The standard InChI is InChI=1S/C14H22O.C12H18O.2C10H14O2.2C10H14O.C9H12O2.2C9H12O/c1-9(2)13-7-12(15-6)8-14(10(3)4)11(13)5;1-8(2)12-7-11(13-5)6-9(3)10(12)4;1-7-5-9(11-3)6-10(12-4)8(7)2;1-7-5-9(11-3)8(2)10(6-7)12-4;1-7-5-10(11-4)6-8(2)9(7)3;1-7-5-8(2)9(3)10(6-7)11-4;1-7-8(10-2)5-4-6-9(7)11-3;1-7-4-5-9(10-3)6-8(7)2;1-7-5-4-6-9(10-3)8(7)2/h7-10H,1-6H3;6-8H,1-5H3;2*5-6H,1-4H3;2*5-6H,1-4H3;4-6H,1-3H3;2*4-6H,1-3H3. The summed E-state index contributed by atoms with van der Waals surface area (Å²) in [5.41, 5.74) is 26.7. The minimum absolute atomic E-state index is 0.553. The van der Waals surface area contributed by atoms with Gasteiger partial charge in [-0.1, -0.05) is 71.9 Å². The van der Waals surface area contributed by atoms with Crippen LogP contribution in [0.25, 0.3) is 0 Å². The summed E-state index contributed by atoms with van der Waals surface area (Å²) in [4.78, 5) is 0. The van der Waals surface area contributed by atoms with E-state index in [0.29, 0.717) is 17.8 Å². The summed E-state index contributed by atoms with van der Waals surface area (Å²) in [5.74, 6) is 12.7. The Kier molecular flexibility index (Phi) is 42.6. The summed E-state index contributed by atoms with van der Waals surface area (Å²) in [5, 5.41) is 0. The second kappa shape index (κ2) is 47.8. The van der Waals surface area contributed by atoms with Gasteiger partial charge in [0.05, 0.1) is 85.3 Å². The van der Waals surface area contributed by atoms with Crippen LogP contribution >= 0.6 is 0 Å². The zero-order valence-electron chi connectivity index (χ0n) is 71.3. The smallest absolute Gasteiger partial charge is 0.125 e. The van der Waals surface area contributed by atoms with Gasteiger partial charge in [-0.15, -0.1) is 0 Å². The predicted molar refractivity (Wildman–Crippen MR) is 444 cm³/mol. The Morgan fingerprint density at radius 3 is 0.810 bits per heavy atom. The Balaban J connectivity index is 0.000000592. The third kappa shape index (κ3) is 30.3. The number of aryl methyl sites for hydroxylation is 10. The first-order valence-electron chi connectivity index (χ1n) is 35.8. The molecule has 0 saturated carbocycles. The van der Waals surface area contributed by atoms with Crippen molar-refractivity contribution < 1.29 is 56.8 Å². The minimum atomic E-state index is 0.553. The number of rotatable bonds is 15. The second-order valence-corrected chi connectivity index (χ2v) is 27.1. The van der Waals surface area contributed by atoms with Gasteiger partial charge < -0.3 is 56.8 Å². The minimum Gasteiger partial charge on any atom is -0.497 e. The first kappa shape index (κ1) is 93.6. The Morgan fingerprint density at radius 1 is 0.181 bits per heavy atom. The highest BCUT2D eigenvalue weighted by Crippen LogP contribution is 2.34. The summed E-state index contributed by atoms with van der Waals surface area (Å²) >= 11 is 0. The number of benzene rings is 9. The molecule has 0 aliphatic carbocycles. The van der Waals surface area contributed by atoms with Crippen LogP contribution in [0.1, 0.15) is 176 Å². The molecule has 0 unspecified atom stereocenters. The molecule has 0 bridgehead atoms. The first-order valence-corrected chi connectivity index (χ1v) is 35.8. The van der Waals surface area contributed by atoms with Crippen molar-refractivity contribution in [2.24, 2.45) is 0 Å². The lowest BCUT2D eigenvalue weighted by atomic mass is 9.89. The van der Waals surface area contributed by atoms with Crippen LogP contribution in [0.4, 0.5) is 0 Å². The normalized spacial score (nSPS) is 9.97. The Bertz CT molecular complexity index is 3980. The zero-order valence-corrected chi connectivity index (χ0v) is 71.3. The van der Waals surface area contributed by atoms with Crippen LogP contribution in [-0.4, -0.2) is 85.3 Å². The largest absolute Gasteiger partial charge is 0.497 e. The third-order valence-corrected chi connectivity index (χ3v) is 18.7. The maximum Gasteiger partial charge on any atom is 0.125 e. The SMILES string of the molecule is COc1cc(C(C)C)c(C)c(C(C)C)c1.COc1cc(C)c(C)c(C(C)C)c1.COc1cc(C)c(C)c(C)c1.COc1cc(C)c(C)c(OC)c1.COc1cc(C)cc(C)c1C.COc1cc(C)cc(OC)c1C.COc1ccc(C)c(C)c1.COc1cccc(C)c1C.COc1cccc(OC)c1C. The van der Waals surface area contributed by atoms with E-state index >= 15 is 0 Å². The third-order valence-electron chi connectivity index (χ3n) is 18.7. The van der Waals surface area contributed by atoms with Gasteiger partial charge in [0.1, 0.15) is 69.0 Å². The van der Waals surface area contributed by atoms with Gasteiger partial charge in [0.25, 0.3) is 0 Å². The molecule has 9 aromatic rings. The molecule has 0 aliphatic rings. The number of methoxy groups -OCH3 is 12. The molecule has 12 heteroatoms. The van der Waals surface area contributed by atoms with Gasteiger partial charge >= 0.3 is 0 Å². The van der Waals surface area contributed by atoms with E-state index in [1.807, 2.05) is 101 Å². The number of hydrogen-bond acceptors (Lipinski definition) is 12. The van der Waals surface area contributed by atoms with E-state index in [1.165, 1.54) is 100 Å². The quantitative estimate of drug-likeness (QED) is 0.0974. The van der Waals surface area contributed by atoms with E-state index in [4.69, 9.17) is 56.8 Å². The molecule has 0 radical (unpaired) electrons. The number of ether oxygens (including phenoxy) is 12. The monoisotopic (exact) mass is 1440 g/mol. The fraction of sp³-hybridized carbons (Fsp3) is 0.419. The molecule has 105 heavy (non-hydrogen) atoms. The van der Waals surface area contributed by atoms with E-state index in [2.05, 4.69) is 192 Å². The molecule has 0 amide bonds. The van der Waals surface area contributed by atoms with Crippen molar-refractivity contribution in [2.45, 2.75) is 184 Å². The van der Waals surface area contributed by atoms with Gasteiger partial charge in [0, 0.05) is 17.2 Å². The highest BCUT2D eigenvalue weighted by atomic mass is 16.5. The lowest BCUT2D eigenvalue weighted by Gasteiger charge is -2.18. The highest BCUT2D eigenvalue weighted by Gasteiger charge is 2.14. The Morgan fingerprint density at radius 2 is 0.448 bits per heavy atom. The Hall–Kier alpha value is -9.42. The fourth-order valence-electron chi connectivity index (χ4n) is 11.1. The molecule has 0 N–H and O–H groups in total. The van der Waals surface area contributed by atoms with E-state index < -0.39 is 0 Å². The fourth-order valence-corrected chi connectivity index (χ4v) is 11.1. The number of hydrogen-bond donors (Lipinski definition) is 0. The molecule has 0 fully saturated rings. The molecule has 9 aromatic carbocycles. The highest BCUT2D eigenvalue weighted by molar-refractivity contribution is 5.50. The van der Waals surface area contributed by atoms with Crippen LogP contribution in [0, 0.1) is 125 Å². The predicted octanol–water partition coefficient (Wildman–Crippen LogP) is 24.2. The summed E-state index contributed by atoms with van der Waals surface area (Å²) in [7, 11) is 20.2. The molecule has 0 aliphatic heterocycles. The summed E-state index contributed by atoms with van der Waals surface area (Å²) < 4.78 is 62.0. The molecular formula is C93H132O12. The molecule has 0 spiro atoms. The molecular weight excluding hydrogens is 1310 g/mol. The molecule has 0 atom stereocenters. The van der Waals surface area contributed by atoms with E-state index in [0.717, 1.165) is 85.7 Å². The molecule has 0 saturated heterocycles. The van der Waals surface area contributed by atoms with Gasteiger partial charge in [-0.3, -0.25) is 0 Å². The molecule has 12 nitrogen and oxygen atoms in total. The van der Waals surface area contributed by atoms with Gasteiger partial charge in [-0.2, -0.15) is 0 Å². The molecule has 0 aromatic heterocycles. The topological polar surface area (TPSA) is 111 Å². The van der Waals surface area contributed by atoms with Gasteiger partial charge in [-0.25, -0.2) is 0 Å². The Labute approximate surface area is 636 Å². The van der Waals surface area contributed by atoms with E-state index in [1.54, 1.807) is 85.3 Å². The van der Waals surface area contributed by atoms with Crippen LogP contribution in [0.5, 0.6) is 69.0 Å². The van der Waals surface area contributed by atoms with E-state index in [-0.39, 0.29) is 0 Å². The zero-order chi connectivity index (χ0) is 80.1. The van der Waals surface area contributed by atoms with Gasteiger partial charge in [-0.05, 0) is 339 Å². The second-order valence-electron chi connectivity index (χ2n) is 27.1. The van der Waals surface area contributed by atoms with E-state index in [9.17, 15) is 0 Å². The van der Waals surface area contributed by atoms with Crippen molar-refractivity contribution in [2.75, 3.05) is 85.3 Å². The van der Waals surface area contributed by atoms with Crippen molar-refractivity contribution in [3.05, 3.63) is 244 Å². The molecule has 9 rings (SSSR count). The van der Waals surface area contributed by atoms with Crippen LogP contribution in [0.15, 0.2) is 127 Å². The summed E-state index contributed by atoms with van der Waals surface area (Å²) in [6.07, 6.45) is 0. The first-order chi connectivity index (χ1) is 49.5. The lowest BCUT2D eigenvalue weighted by molar-refractivity contribution is 0.388. The van der Waals surface area contributed by atoms with Crippen LogP contribution in [0.3, 0.4) is 0 Å². The maximum absolute atomic E-state index is 5.35. The van der Waals surface area contributed by atoms with Crippen LogP contribution in [0.2, 0.25) is 0 Å². The summed E-state index contributed by atoms with van der Waals surface area (Å²) in [6.45, 7) is 50.8. The van der Waals surface area contributed by atoms with Crippen LogP contribution < -0.4 is 56.8 Å². The lowest BCUT2D eigenvalue weighted by Crippen LogP contribution is -2.00. The molecule has 576 valence electrons. The van der Waals surface area contributed by atoms with Crippen LogP contribution in [-0.2, 0) is 0 Å². The van der Waals surface area contributed by atoms with Gasteiger partial charge in [0.15, 0.2) is 0 Å². The van der Waals surface area contributed by atoms with Crippen molar-refractivity contribution in [1.82, 2.24) is 0 Å². The summed E-state index contributed by atoms with van der Waals surface area (Å²) in [6, 6.07) is 42.6. The van der Waals surface area contributed by atoms with Gasteiger partial charge in [0.2, 0.25) is 0 Å². The van der Waals surface area contributed by atoms with Crippen molar-refractivity contribution in [1.29, 1.82) is 0 Å². The average Bonchev–Trinajstić information content (AvgIpc) is 0.816.